The van der Waals surface area contributed by atoms with Gasteiger partial charge < -0.3 is 15.4 Å². The lowest BCUT2D eigenvalue weighted by molar-refractivity contribution is -0.123. The minimum absolute atomic E-state index is 0.173. The van der Waals surface area contributed by atoms with Crippen LogP contribution in [0.15, 0.2) is 23.1 Å². The molecular weight excluding hydrogens is 306 g/mol. The largest absolute Gasteiger partial charge is 0.478 e. The number of piperazine rings is 1. The zero-order valence-electron chi connectivity index (χ0n) is 12.3. The maximum Gasteiger partial charge on any atom is 0.265 e. The zero-order valence-corrected chi connectivity index (χ0v) is 13.1. The number of hydrogen-bond acceptors (Lipinski definition) is 5. The Kier molecular flexibility index (Phi) is 4.07. The van der Waals surface area contributed by atoms with Crippen LogP contribution < -0.4 is 15.4 Å². The number of carbonyl (C=O) groups excluding carboxylic acids is 1. The fourth-order valence-corrected chi connectivity index (χ4v) is 4.06. The molecule has 2 aliphatic rings. The monoisotopic (exact) mass is 325 g/mol. The van der Waals surface area contributed by atoms with E-state index in [-0.39, 0.29) is 10.8 Å². The molecule has 1 saturated heterocycles. The standard InChI is InChI=1S/C14H19N3O4S/c1-2-12-14(18)16-11-9-10(3-4-13(11)21-12)22(19,20)17-7-5-15-6-8-17/h3-4,9,12,15H,2,5-8H2,1H3,(H,16,18). The van der Waals surface area contributed by atoms with Gasteiger partial charge in [-0.3, -0.25) is 4.79 Å². The first-order chi connectivity index (χ1) is 10.5. The van der Waals surface area contributed by atoms with E-state index in [1.807, 2.05) is 6.92 Å². The number of fused-ring (bicyclic) bond motifs is 1. The maximum atomic E-state index is 12.6. The van der Waals surface area contributed by atoms with Crippen molar-refractivity contribution in [3.05, 3.63) is 18.2 Å². The highest BCUT2D eigenvalue weighted by molar-refractivity contribution is 7.89. The molecule has 0 spiro atoms. The molecule has 1 aromatic carbocycles. The smallest absolute Gasteiger partial charge is 0.265 e. The first kappa shape index (κ1) is 15.3. The van der Waals surface area contributed by atoms with Gasteiger partial charge in [0.2, 0.25) is 10.0 Å². The average molecular weight is 325 g/mol. The summed E-state index contributed by atoms with van der Waals surface area (Å²) in [5, 5.41) is 5.84. The molecule has 0 aliphatic carbocycles. The number of carbonyl (C=O) groups is 1. The predicted octanol–water partition coefficient (Wildman–Crippen LogP) is 0.390. The first-order valence-electron chi connectivity index (χ1n) is 7.35. The van der Waals surface area contributed by atoms with E-state index in [1.165, 1.54) is 16.4 Å². The molecular formula is C14H19N3O4S. The van der Waals surface area contributed by atoms with E-state index in [1.54, 1.807) is 6.07 Å². The molecule has 1 aromatic rings. The van der Waals surface area contributed by atoms with E-state index in [0.29, 0.717) is 44.0 Å². The molecule has 8 heteroatoms. The number of hydrogen-bond donors (Lipinski definition) is 2. The Bertz CT molecular complexity index is 683. The fraction of sp³-hybridized carbons (Fsp3) is 0.500. The highest BCUT2D eigenvalue weighted by atomic mass is 32.2. The van der Waals surface area contributed by atoms with Crippen LogP contribution in [0.25, 0.3) is 0 Å². The van der Waals surface area contributed by atoms with Gasteiger partial charge in [-0.15, -0.1) is 0 Å². The van der Waals surface area contributed by atoms with Gasteiger partial charge in [0.1, 0.15) is 5.75 Å². The minimum atomic E-state index is -3.55. The molecule has 2 heterocycles. The number of rotatable bonds is 3. The van der Waals surface area contributed by atoms with Crippen molar-refractivity contribution in [2.75, 3.05) is 31.5 Å². The van der Waals surface area contributed by atoms with Gasteiger partial charge in [-0.05, 0) is 24.6 Å². The second kappa shape index (κ2) is 5.86. The van der Waals surface area contributed by atoms with Gasteiger partial charge in [0.15, 0.2) is 6.10 Å². The fourth-order valence-electron chi connectivity index (χ4n) is 2.59. The third-order valence-corrected chi connectivity index (χ3v) is 5.75. The van der Waals surface area contributed by atoms with Crippen LogP contribution in [-0.4, -0.2) is 50.9 Å². The Morgan fingerprint density at radius 2 is 2.05 bits per heavy atom. The summed E-state index contributed by atoms with van der Waals surface area (Å²) in [6, 6.07) is 4.60. The number of benzene rings is 1. The lowest BCUT2D eigenvalue weighted by atomic mass is 10.2. The lowest BCUT2D eigenvalue weighted by Crippen LogP contribution is -2.46. The molecule has 120 valence electrons. The van der Waals surface area contributed by atoms with Gasteiger partial charge in [-0.1, -0.05) is 6.92 Å². The van der Waals surface area contributed by atoms with Crippen molar-refractivity contribution in [1.29, 1.82) is 0 Å². The van der Waals surface area contributed by atoms with Gasteiger partial charge in [0.25, 0.3) is 5.91 Å². The van der Waals surface area contributed by atoms with Gasteiger partial charge >= 0.3 is 0 Å². The lowest BCUT2D eigenvalue weighted by Gasteiger charge is -2.28. The molecule has 1 atom stereocenters. The topological polar surface area (TPSA) is 87.7 Å². The summed E-state index contributed by atoms with van der Waals surface area (Å²) in [5.74, 6) is 0.262. The molecule has 1 fully saturated rings. The molecule has 3 rings (SSSR count). The van der Waals surface area contributed by atoms with Gasteiger partial charge in [-0.25, -0.2) is 8.42 Å². The molecule has 22 heavy (non-hydrogen) atoms. The average Bonchev–Trinajstić information content (AvgIpc) is 2.54. The van der Waals surface area contributed by atoms with E-state index < -0.39 is 16.1 Å². The number of sulfonamides is 1. The van der Waals surface area contributed by atoms with Gasteiger partial charge in [0.05, 0.1) is 10.6 Å². The van der Waals surface area contributed by atoms with E-state index in [2.05, 4.69) is 10.6 Å². The van der Waals surface area contributed by atoms with Crippen molar-refractivity contribution < 1.29 is 17.9 Å². The van der Waals surface area contributed by atoms with Crippen molar-refractivity contribution in [2.45, 2.75) is 24.3 Å². The van der Waals surface area contributed by atoms with Crippen molar-refractivity contribution in [1.82, 2.24) is 9.62 Å². The summed E-state index contributed by atoms with van der Waals surface area (Å²) in [7, 11) is -3.55. The Labute approximate surface area is 129 Å². The van der Waals surface area contributed by atoms with E-state index in [4.69, 9.17) is 4.74 Å². The molecule has 0 bridgehead atoms. The quantitative estimate of drug-likeness (QED) is 0.839. The number of anilines is 1. The van der Waals surface area contributed by atoms with E-state index in [9.17, 15) is 13.2 Å². The summed E-state index contributed by atoms with van der Waals surface area (Å²) in [5.41, 5.74) is 0.408. The second-order valence-corrected chi connectivity index (χ2v) is 7.25. The minimum Gasteiger partial charge on any atom is -0.478 e. The number of nitrogens with one attached hydrogen (secondary N) is 2. The van der Waals surface area contributed by atoms with Crippen molar-refractivity contribution in [2.24, 2.45) is 0 Å². The Morgan fingerprint density at radius 3 is 2.73 bits per heavy atom. The summed E-state index contributed by atoms with van der Waals surface area (Å²) in [6.07, 6.45) is 0.0367. The summed E-state index contributed by atoms with van der Waals surface area (Å²) in [6.45, 7) is 4.03. The van der Waals surface area contributed by atoms with E-state index >= 15 is 0 Å². The SMILES string of the molecule is CCC1Oc2ccc(S(=O)(=O)N3CCNCC3)cc2NC1=O. The summed E-state index contributed by atoms with van der Waals surface area (Å²) >= 11 is 0. The third-order valence-electron chi connectivity index (χ3n) is 3.86. The summed E-state index contributed by atoms with van der Waals surface area (Å²) < 4.78 is 32.3. The molecule has 1 amide bonds. The molecule has 2 aliphatic heterocycles. The molecule has 0 radical (unpaired) electrons. The molecule has 2 N–H and O–H groups in total. The number of nitrogens with zero attached hydrogens (tertiary/aromatic N) is 1. The van der Waals surface area contributed by atoms with Crippen molar-refractivity contribution >= 4 is 21.6 Å². The van der Waals surface area contributed by atoms with Crippen LogP contribution >= 0.6 is 0 Å². The van der Waals surface area contributed by atoms with Crippen LogP contribution in [0.2, 0.25) is 0 Å². The molecule has 0 aromatic heterocycles. The molecule has 0 saturated carbocycles. The number of amides is 1. The Hall–Kier alpha value is -1.64. The summed E-state index contributed by atoms with van der Waals surface area (Å²) in [4.78, 5) is 12.0. The van der Waals surface area contributed by atoms with Crippen LogP contribution in [0.5, 0.6) is 5.75 Å². The van der Waals surface area contributed by atoms with Crippen molar-refractivity contribution in [3.8, 4) is 5.75 Å². The van der Waals surface area contributed by atoms with Gasteiger partial charge in [0, 0.05) is 26.2 Å². The maximum absolute atomic E-state index is 12.6. The van der Waals surface area contributed by atoms with Gasteiger partial charge in [-0.2, -0.15) is 4.31 Å². The normalized spacial score (nSPS) is 22.6. The zero-order chi connectivity index (χ0) is 15.7. The highest BCUT2D eigenvalue weighted by Crippen LogP contribution is 2.33. The molecule has 1 unspecified atom stereocenters. The Balaban J connectivity index is 1.90. The predicted molar refractivity (Wildman–Crippen MR) is 81.4 cm³/mol. The number of ether oxygens (including phenoxy) is 1. The van der Waals surface area contributed by atoms with Crippen LogP contribution in [0, 0.1) is 0 Å². The Morgan fingerprint density at radius 1 is 1.32 bits per heavy atom. The second-order valence-electron chi connectivity index (χ2n) is 5.32. The van der Waals surface area contributed by atoms with Crippen LogP contribution in [0.3, 0.4) is 0 Å². The van der Waals surface area contributed by atoms with Crippen LogP contribution in [0.4, 0.5) is 5.69 Å². The third kappa shape index (κ3) is 2.69. The van der Waals surface area contributed by atoms with Crippen molar-refractivity contribution in [3.63, 3.8) is 0 Å². The van der Waals surface area contributed by atoms with Crippen LogP contribution in [0.1, 0.15) is 13.3 Å². The first-order valence-corrected chi connectivity index (χ1v) is 8.79. The molecule has 7 nitrogen and oxygen atoms in total. The van der Waals surface area contributed by atoms with E-state index in [0.717, 1.165) is 0 Å². The highest BCUT2D eigenvalue weighted by Gasteiger charge is 2.30. The van der Waals surface area contributed by atoms with Crippen LogP contribution in [-0.2, 0) is 14.8 Å².